The van der Waals surface area contributed by atoms with Crippen LogP contribution in [0.15, 0.2) is 76.2 Å². The van der Waals surface area contributed by atoms with Crippen molar-refractivity contribution in [2.75, 3.05) is 34.8 Å². The molecule has 0 spiro atoms. The number of benzene rings is 1. The van der Waals surface area contributed by atoms with Crippen molar-refractivity contribution in [1.82, 2.24) is 9.97 Å². The fourth-order valence-corrected chi connectivity index (χ4v) is 4.44. The SMILES string of the molecule is O=C(Nc1ccccn1)N1c2nc(-c3ccc(C4=NN=NC4)cc3)ccc2N2CC[C@H]1C2. The van der Waals surface area contributed by atoms with Crippen molar-refractivity contribution in [3.63, 3.8) is 0 Å². The molecule has 6 rings (SSSR count). The molecule has 1 saturated heterocycles. The molecule has 1 fully saturated rings. The van der Waals surface area contributed by atoms with Crippen molar-refractivity contribution in [1.29, 1.82) is 0 Å². The molecule has 0 unspecified atom stereocenters. The molecule has 5 heterocycles. The minimum atomic E-state index is -0.205. The van der Waals surface area contributed by atoms with Crippen molar-refractivity contribution >= 4 is 29.1 Å². The van der Waals surface area contributed by atoms with Crippen molar-refractivity contribution in [3.8, 4) is 11.3 Å². The fraction of sp³-hybridized carbons (Fsp3) is 0.217. The summed E-state index contributed by atoms with van der Waals surface area (Å²) in [6.45, 7) is 2.24. The molecule has 3 aliphatic rings. The standard InChI is InChI=1S/C23H20N8O/c32-23(27-21-3-1-2-11-24-21)31-17-10-12-30(14-17)20-9-8-18(26-22(20)31)15-4-6-16(7-5-15)19-13-25-29-28-19/h1-9,11,17H,10,12-14H2,(H,24,27,32)/t17-/m0/s1. The molecular formula is C23H20N8O. The van der Waals surface area contributed by atoms with Gasteiger partial charge in [0.15, 0.2) is 5.82 Å². The van der Waals surface area contributed by atoms with Gasteiger partial charge in [-0.3, -0.25) is 10.2 Å². The zero-order valence-electron chi connectivity index (χ0n) is 17.2. The summed E-state index contributed by atoms with van der Waals surface area (Å²) in [5.74, 6) is 1.21. The lowest BCUT2D eigenvalue weighted by Crippen LogP contribution is -2.48. The van der Waals surface area contributed by atoms with E-state index in [4.69, 9.17) is 4.98 Å². The van der Waals surface area contributed by atoms with Crippen LogP contribution in [0.5, 0.6) is 0 Å². The first-order valence-electron chi connectivity index (χ1n) is 10.6. The monoisotopic (exact) mass is 424 g/mol. The van der Waals surface area contributed by atoms with Crippen LogP contribution in [0.25, 0.3) is 11.3 Å². The molecular weight excluding hydrogens is 404 g/mol. The Morgan fingerprint density at radius 2 is 1.91 bits per heavy atom. The molecule has 0 aliphatic carbocycles. The first-order valence-corrected chi connectivity index (χ1v) is 10.6. The largest absolute Gasteiger partial charge is 0.366 e. The first kappa shape index (κ1) is 18.6. The summed E-state index contributed by atoms with van der Waals surface area (Å²) < 4.78 is 0. The third-order valence-electron chi connectivity index (χ3n) is 6.03. The summed E-state index contributed by atoms with van der Waals surface area (Å²) in [6, 6.07) is 17.5. The molecule has 158 valence electrons. The summed E-state index contributed by atoms with van der Waals surface area (Å²) in [5.41, 5.74) is 4.63. The van der Waals surface area contributed by atoms with E-state index in [1.165, 1.54) is 0 Å². The van der Waals surface area contributed by atoms with E-state index in [0.717, 1.165) is 47.7 Å². The maximum Gasteiger partial charge on any atom is 0.329 e. The molecule has 1 atom stereocenters. The Kier molecular flexibility index (Phi) is 4.38. The van der Waals surface area contributed by atoms with Crippen LogP contribution in [0.4, 0.5) is 22.1 Å². The second kappa shape index (κ2) is 7.52. The number of pyridine rings is 2. The number of anilines is 3. The van der Waals surface area contributed by atoms with Gasteiger partial charge in [-0.15, -0.1) is 5.10 Å². The normalized spacial score (nSPS) is 18.5. The van der Waals surface area contributed by atoms with E-state index in [1.807, 2.05) is 42.5 Å². The van der Waals surface area contributed by atoms with Crippen LogP contribution in [-0.2, 0) is 0 Å². The molecule has 32 heavy (non-hydrogen) atoms. The zero-order valence-corrected chi connectivity index (χ0v) is 17.2. The van der Waals surface area contributed by atoms with Crippen LogP contribution >= 0.6 is 0 Å². The van der Waals surface area contributed by atoms with Crippen LogP contribution in [-0.4, -0.2) is 47.4 Å². The molecule has 0 saturated carbocycles. The molecule has 2 aromatic heterocycles. The second-order valence-corrected chi connectivity index (χ2v) is 7.96. The Morgan fingerprint density at radius 1 is 1.03 bits per heavy atom. The Bertz CT molecular complexity index is 1240. The van der Waals surface area contributed by atoms with Gasteiger partial charge in [0, 0.05) is 24.8 Å². The van der Waals surface area contributed by atoms with Gasteiger partial charge in [-0.2, -0.15) is 5.11 Å². The van der Waals surface area contributed by atoms with Crippen molar-refractivity contribution in [3.05, 3.63) is 66.4 Å². The minimum absolute atomic E-state index is 0.0872. The molecule has 1 aromatic carbocycles. The number of urea groups is 1. The molecule has 1 N–H and O–H groups in total. The fourth-order valence-electron chi connectivity index (χ4n) is 4.44. The first-order chi connectivity index (χ1) is 15.8. The van der Waals surface area contributed by atoms with E-state index in [1.54, 1.807) is 17.2 Å². The molecule has 3 aliphatic heterocycles. The van der Waals surface area contributed by atoms with Crippen LogP contribution in [0.2, 0.25) is 0 Å². The van der Waals surface area contributed by atoms with Gasteiger partial charge in [0.2, 0.25) is 0 Å². The number of nitrogens with zero attached hydrogens (tertiary/aromatic N) is 7. The summed E-state index contributed by atoms with van der Waals surface area (Å²) in [7, 11) is 0. The summed E-state index contributed by atoms with van der Waals surface area (Å²) >= 11 is 0. The molecule has 2 amide bonds. The summed E-state index contributed by atoms with van der Waals surface area (Å²) in [6.07, 6.45) is 2.57. The van der Waals surface area contributed by atoms with Gasteiger partial charge < -0.3 is 4.90 Å². The molecule has 3 aromatic rings. The predicted octanol–water partition coefficient (Wildman–Crippen LogP) is 3.94. The second-order valence-electron chi connectivity index (χ2n) is 7.96. The minimum Gasteiger partial charge on any atom is -0.366 e. The lowest BCUT2D eigenvalue weighted by molar-refractivity contribution is 0.254. The predicted molar refractivity (Wildman–Crippen MR) is 122 cm³/mol. The van der Waals surface area contributed by atoms with Gasteiger partial charge in [-0.05, 0) is 41.5 Å². The molecule has 9 heteroatoms. The number of rotatable bonds is 3. The smallest absolute Gasteiger partial charge is 0.329 e. The highest BCUT2D eigenvalue weighted by atomic mass is 16.2. The van der Waals surface area contributed by atoms with Crippen LogP contribution in [0.3, 0.4) is 0 Å². The Morgan fingerprint density at radius 3 is 2.69 bits per heavy atom. The van der Waals surface area contributed by atoms with Crippen LogP contribution < -0.4 is 15.1 Å². The van der Waals surface area contributed by atoms with Gasteiger partial charge >= 0.3 is 6.03 Å². The Balaban J connectivity index is 1.33. The number of carbonyl (C=O) groups is 1. The van der Waals surface area contributed by atoms with E-state index in [9.17, 15) is 4.79 Å². The number of amides is 2. The van der Waals surface area contributed by atoms with Crippen molar-refractivity contribution in [2.45, 2.75) is 12.5 Å². The van der Waals surface area contributed by atoms with E-state index in [0.29, 0.717) is 18.2 Å². The van der Waals surface area contributed by atoms with E-state index in [-0.39, 0.29) is 12.1 Å². The maximum absolute atomic E-state index is 13.2. The molecule has 2 bridgehead atoms. The van der Waals surface area contributed by atoms with Gasteiger partial charge in [0.05, 0.1) is 23.1 Å². The number of hydrogen-bond acceptors (Lipinski definition) is 7. The van der Waals surface area contributed by atoms with E-state index >= 15 is 0 Å². The summed E-state index contributed by atoms with van der Waals surface area (Å²) in [4.78, 5) is 26.5. The maximum atomic E-state index is 13.2. The number of fused-ring (bicyclic) bond motifs is 4. The highest BCUT2D eigenvalue weighted by Crippen LogP contribution is 2.40. The number of carbonyl (C=O) groups excluding carboxylic acids is 1. The highest BCUT2D eigenvalue weighted by molar-refractivity contribution is 6.04. The third kappa shape index (κ3) is 3.18. The lowest BCUT2D eigenvalue weighted by atomic mass is 10.0. The van der Waals surface area contributed by atoms with Crippen LogP contribution in [0.1, 0.15) is 12.0 Å². The third-order valence-corrected chi connectivity index (χ3v) is 6.03. The van der Waals surface area contributed by atoms with E-state index in [2.05, 4.69) is 36.7 Å². The topological polar surface area (TPSA) is 98.4 Å². The number of hydrogen-bond donors (Lipinski definition) is 1. The average Bonchev–Trinajstić information content (AvgIpc) is 3.51. The van der Waals surface area contributed by atoms with Gasteiger partial charge in [-0.1, -0.05) is 30.3 Å². The quantitative estimate of drug-likeness (QED) is 0.688. The van der Waals surface area contributed by atoms with Crippen molar-refractivity contribution < 1.29 is 4.79 Å². The Hall–Kier alpha value is -4.14. The summed E-state index contributed by atoms with van der Waals surface area (Å²) in [5, 5.41) is 14.6. The van der Waals surface area contributed by atoms with Crippen LogP contribution in [0, 0.1) is 0 Å². The highest BCUT2D eigenvalue weighted by Gasteiger charge is 2.40. The van der Waals surface area contributed by atoms with Crippen molar-refractivity contribution in [2.24, 2.45) is 15.4 Å². The van der Waals surface area contributed by atoms with Gasteiger partial charge in [-0.25, -0.2) is 14.8 Å². The van der Waals surface area contributed by atoms with Gasteiger partial charge in [0.25, 0.3) is 0 Å². The molecule has 9 nitrogen and oxygen atoms in total. The number of aromatic nitrogens is 2. The zero-order chi connectivity index (χ0) is 21.5. The average molecular weight is 424 g/mol. The van der Waals surface area contributed by atoms with Gasteiger partial charge in [0.1, 0.15) is 12.4 Å². The number of nitrogens with one attached hydrogen (secondary N) is 1. The lowest BCUT2D eigenvalue weighted by Gasteiger charge is -2.35. The molecule has 0 radical (unpaired) electrons. The Labute approximate surface area is 184 Å². The van der Waals surface area contributed by atoms with E-state index < -0.39 is 0 Å².